The van der Waals surface area contributed by atoms with Crippen molar-refractivity contribution in [2.24, 2.45) is 0 Å². The first-order valence-electron chi connectivity index (χ1n) is 4.64. The van der Waals surface area contributed by atoms with Gasteiger partial charge in [0, 0.05) is 17.2 Å². The second-order valence-electron chi connectivity index (χ2n) is 3.35. The van der Waals surface area contributed by atoms with Gasteiger partial charge < -0.3 is 5.21 Å². The van der Waals surface area contributed by atoms with Crippen molar-refractivity contribution in [2.75, 3.05) is 0 Å². The average molecular weight is 220 g/mol. The van der Waals surface area contributed by atoms with Crippen LogP contribution in [0.2, 0.25) is 5.15 Å². The van der Waals surface area contributed by atoms with Gasteiger partial charge in [-0.2, -0.15) is 4.73 Å². The molecule has 0 spiro atoms. The Morgan fingerprint density at radius 1 is 1.07 bits per heavy atom. The number of nitrogens with zero attached hydrogens (tertiary/aromatic N) is 1. The fourth-order valence-corrected chi connectivity index (χ4v) is 1.70. The first-order valence-corrected chi connectivity index (χ1v) is 5.02. The van der Waals surface area contributed by atoms with E-state index in [4.69, 9.17) is 11.6 Å². The minimum atomic E-state index is 0.194. The lowest BCUT2D eigenvalue weighted by atomic mass is 10.1. The zero-order valence-corrected chi connectivity index (χ0v) is 9.03. The number of rotatable bonds is 1. The molecule has 2 aromatic rings. The fraction of sp³-hybridized carbons (Fsp3) is 0.0833. The van der Waals surface area contributed by atoms with Gasteiger partial charge in [-0.05, 0) is 36.7 Å². The topological polar surface area (TPSA) is 26.9 Å². The van der Waals surface area contributed by atoms with Crippen LogP contribution < -0.4 is 4.73 Å². The number of halogens is 1. The van der Waals surface area contributed by atoms with Crippen molar-refractivity contribution in [3.05, 3.63) is 58.4 Å². The first kappa shape index (κ1) is 9.99. The molecule has 0 aliphatic rings. The number of hydrogen-bond donors (Lipinski definition) is 0. The van der Waals surface area contributed by atoms with Crippen LogP contribution in [0.15, 0.2) is 42.5 Å². The van der Waals surface area contributed by atoms with Crippen LogP contribution in [0, 0.1) is 12.1 Å². The van der Waals surface area contributed by atoms with E-state index in [9.17, 15) is 5.21 Å². The maximum Gasteiger partial charge on any atom is 0.286 e. The van der Waals surface area contributed by atoms with Crippen LogP contribution in [0.4, 0.5) is 0 Å². The maximum atomic E-state index is 11.8. The maximum absolute atomic E-state index is 11.8. The van der Waals surface area contributed by atoms with Crippen LogP contribution in [0.1, 0.15) is 5.56 Å². The van der Waals surface area contributed by atoms with E-state index in [-0.39, 0.29) is 5.15 Å². The van der Waals surface area contributed by atoms with Gasteiger partial charge in [-0.1, -0.05) is 18.2 Å². The third kappa shape index (κ3) is 1.81. The van der Waals surface area contributed by atoms with Gasteiger partial charge in [0.15, 0.2) is 0 Å². The van der Waals surface area contributed by atoms with E-state index in [1.165, 1.54) is 0 Å². The molecule has 1 heterocycles. The second-order valence-corrected chi connectivity index (χ2v) is 3.74. The van der Waals surface area contributed by atoms with E-state index < -0.39 is 0 Å². The molecule has 0 saturated carbocycles. The summed E-state index contributed by atoms with van der Waals surface area (Å²) in [5.41, 5.74) is 2.41. The van der Waals surface area contributed by atoms with Crippen LogP contribution in [-0.2, 0) is 0 Å². The Kier molecular flexibility index (Phi) is 2.60. The van der Waals surface area contributed by atoms with Gasteiger partial charge in [-0.15, -0.1) is 0 Å². The van der Waals surface area contributed by atoms with Crippen molar-refractivity contribution >= 4 is 11.6 Å². The molecule has 76 valence electrons. The summed E-state index contributed by atoms with van der Waals surface area (Å²) in [6.07, 6.45) is 0. The Hall–Kier alpha value is -1.54. The number of benzene rings is 1. The number of aryl methyl sites for hydroxylation is 1. The largest absolute Gasteiger partial charge is 0.617 e. The molecular formula is C12H10ClNO. The summed E-state index contributed by atoms with van der Waals surface area (Å²) in [6, 6.07) is 13.0. The molecule has 0 N–H and O–H groups in total. The molecule has 15 heavy (non-hydrogen) atoms. The zero-order chi connectivity index (χ0) is 10.8. The summed E-state index contributed by atoms with van der Waals surface area (Å²) >= 11 is 5.79. The predicted molar refractivity (Wildman–Crippen MR) is 60.6 cm³/mol. The molecular weight excluding hydrogens is 210 g/mol. The smallest absolute Gasteiger partial charge is 0.286 e. The molecule has 0 radical (unpaired) electrons. The Morgan fingerprint density at radius 3 is 2.40 bits per heavy atom. The second kappa shape index (κ2) is 3.91. The molecule has 2 rings (SSSR count). The van der Waals surface area contributed by atoms with E-state index in [2.05, 4.69) is 0 Å². The normalized spacial score (nSPS) is 10.3. The van der Waals surface area contributed by atoms with Gasteiger partial charge in [-0.25, -0.2) is 0 Å². The number of pyridine rings is 1. The molecule has 3 heteroatoms. The molecule has 0 bridgehead atoms. The average Bonchev–Trinajstić information content (AvgIpc) is 2.26. The first-order chi connectivity index (χ1) is 7.20. The monoisotopic (exact) mass is 219 g/mol. The van der Waals surface area contributed by atoms with Gasteiger partial charge in [-0.3, -0.25) is 0 Å². The summed E-state index contributed by atoms with van der Waals surface area (Å²) in [5, 5.41) is 12.0. The minimum Gasteiger partial charge on any atom is -0.617 e. The van der Waals surface area contributed by atoms with Crippen LogP contribution in [0.5, 0.6) is 0 Å². The van der Waals surface area contributed by atoms with Gasteiger partial charge in [0.05, 0.1) is 0 Å². The summed E-state index contributed by atoms with van der Waals surface area (Å²) in [4.78, 5) is 0. The molecule has 1 aromatic carbocycles. The van der Waals surface area contributed by atoms with E-state index in [1.807, 2.05) is 43.3 Å². The molecule has 0 atom stereocenters. The van der Waals surface area contributed by atoms with Crippen LogP contribution in [0.25, 0.3) is 11.3 Å². The van der Waals surface area contributed by atoms with Gasteiger partial charge >= 0.3 is 0 Å². The third-order valence-corrected chi connectivity index (χ3v) is 2.57. The Balaban J connectivity index is 2.68. The molecule has 0 fully saturated rings. The van der Waals surface area contributed by atoms with Crippen molar-refractivity contribution in [1.82, 2.24) is 0 Å². The summed E-state index contributed by atoms with van der Waals surface area (Å²) < 4.78 is 0.756. The highest BCUT2D eigenvalue weighted by molar-refractivity contribution is 6.28. The Morgan fingerprint density at radius 2 is 1.73 bits per heavy atom. The van der Waals surface area contributed by atoms with Crippen LogP contribution >= 0.6 is 11.6 Å². The van der Waals surface area contributed by atoms with E-state index >= 15 is 0 Å². The van der Waals surface area contributed by atoms with Crippen molar-refractivity contribution < 1.29 is 4.73 Å². The SMILES string of the molecule is Cc1ccc(Cl)[n+]([O-])c1-c1ccccc1. The summed E-state index contributed by atoms with van der Waals surface area (Å²) in [7, 11) is 0. The van der Waals surface area contributed by atoms with E-state index in [0.29, 0.717) is 5.69 Å². The number of hydrogen-bond acceptors (Lipinski definition) is 1. The molecule has 0 amide bonds. The molecule has 2 nitrogen and oxygen atoms in total. The number of aromatic nitrogens is 1. The van der Waals surface area contributed by atoms with E-state index in [1.54, 1.807) is 6.07 Å². The van der Waals surface area contributed by atoms with Crippen molar-refractivity contribution in [1.29, 1.82) is 0 Å². The Labute approximate surface area is 93.3 Å². The lowest BCUT2D eigenvalue weighted by molar-refractivity contribution is -0.591. The van der Waals surface area contributed by atoms with Crippen LogP contribution in [0.3, 0.4) is 0 Å². The van der Waals surface area contributed by atoms with Crippen molar-refractivity contribution in [3.8, 4) is 11.3 Å². The summed E-state index contributed by atoms with van der Waals surface area (Å²) in [6.45, 7) is 1.90. The van der Waals surface area contributed by atoms with Gasteiger partial charge in [0.25, 0.3) is 5.15 Å². The predicted octanol–water partition coefficient (Wildman–Crippen LogP) is 2.95. The highest BCUT2D eigenvalue weighted by Gasteiger charge is 2.14. The molecule has 0 saturated heterocycles. The Bertz CT molecular complexity index is 482. The van der Waals surface area contributed by atoms with E-state index in [0.717, 1.165) is 15.9 Å². The third-order valence-electron chi connectivity index (χ3n) is 2.29. The molecule has 0 aliphatic carbocycles. The van der Waals surface area contributed by atoms with Crippen LogP contribution in [-0.4, -0.2) is 0 Å². The van der Waals surface area contributed by atoms with Crippen molar-refractivity contribution in [2.45, 2.75) is 6.92 Å². The highest BCUT2D eigenvalue weighted by Crippen LogP contribution is 2.20. The standard InChI is InChI=1S/C12H10ClNO/c1-9-7-8-11(13)14(15)12(9)10-5-3-2-4-6-10/h2-8H,1H3. The van der Waals surface area contributed by atoms with Gasteiger partial charge in [0.1, 0.15) is 0 Å². The lowest BCUT2D eigenvalue weighted by Gasteiger charge is -2.08. The summed E-state index contributed by atoms with van der Waals surface area (Å²) in [5.74, 6) is 0. The lowest BCUT2D eigenvalue weighted by Crippen LogP contribution is -2.31. The zero-order valence-electron chi connectivity index (χ0n) is 8.27. The van der Waals surface area contributed by atoms with Crippen molar-refractivity contribution in [3.63, 3.8) is 0 Å². The minimum absolute atomic E-state index is 0.194. The van der Waals surface area contributed by atoms with Gasteiger partial charge in [0.2, 0.25) is 5.69 Å². The molecule has 0 aliphatic heterocycles. The highest BCUT2D eigenvalue weighted by atomic mass is 35.5. The molecule has 0 unspecified atom stereocenters. The quantitative estimate of drug-likeness (QED) is 0.412. The fourth-order valence-electron chi connectivity index (χ4n) is 1.55. The molecule has 1 aromatic heterocycles.